The Morgan fingerprint density at radius 3 is 2.53 bits per heavy atom. The first kappa shape index (κ1) is 11.6. The monoisotopic (exact) mass is 230 g/mol. The molecule has 88 valence electrons. The molecule has 17 heavy (non-hydrogen) atoms. The zero-order valence-electron chi connectivity index (χ0n) is 9.82. The zero-order chi connectivity index (χ0) is 12.1. The fourth-order valence-electron chi connectivity index (χ4n) is 1.65. The van der Waals surface area contributed by atoms with Crippen LogP contribution in [0, 0.1) is 5.82 Å². The molecule has 0 N–H and O–H groups in total. The van der Waals surface area contributed by atoms with Gasteiger partial charge in [0.2, 0.25) is 0 Å². The van der Waals surface area contributed by atoms with E-state index in [1.54, 1.807) is 6.07 Å². The minimum absolute atomic E-state index is 0.228. The van der Waals surface area contributed by atoms with Gasteiger partial charge in [0.1, 0.15) is 18.2 Å². The maximum atomic E-state index is 13.0. The van der Waals surface area contributed by atoms with Crippen LogP contribution in [0.5, 0.6) is 5.75 Å². The Balaban J connectivity index is 2.02. The lowest BCUT2D eigenvalue weighted by atomic mass is 10.2. The Morgan fingerprint density at radius 2 is 1.76 bits per heavy atom. The van der Waals surface area contributed by atoms with Crippen molar-refractivity contribution in [2.75, 3.05) is 0 Å². The molecule has 2 heteroatoms. The van der Waals surface area contributed by atoms with Crippen molar-refractivity contribution in [1.29, 1.82) is 0 Å². The molecule has 0 aliphatic carbocycles. The van der Waals surface area contributed by atoms with Crippen LogP contribution in [0.15, 0.2) is 48.5 Å². The minimum atomic E-state index is -0.228. The predicted molar refractivity (Wildman–Crippen MR) is 66.6 cm³/mol. The van der Waals surface area contributed by atoms with E-state index in [0.717, 1.165) is 17.7 Å². The maximum absolute atomic E-state index is 13.0. The van der Waals surface area contributed by atoms with Crippen LogP contribution in [0.4, 0.5) is 4.39 Å². The van der Waals surface area contributed by atoms with Crippen molar-refractivity contribution in [2.24, 2.45) is 0 Å². The molecule has 0 fully saturated rings. The third kappa shape index (κ3) is 3.31. The van der Waals surface area contributed by atoms with Gasteiger partial charge in [-0.15, -0.1) is 0 Å². The highest BCUT2D eigenvalue weighted by Gasteiger charge is 1.98. The molecular formula is C15H15FO. The molecule has 1 nitrogen and oxygen atoms in total. The van der Waals surface area contributed by atoms with E-state index in [4.69, 9.17) is 4.74 Å². The second-order valence-corrected chi connectivity index (χ2v) is 3.92. The van der Waals surface area contributed by atoms with Gasteiger partial charge in [-0.2, -0.15) is 0 Å². The lowest BCUT2D eigenvalue weighted by Gasteiger charge is -2.07. The minimum Gasteiger partial charge on any atom is -0.489 e. The molecule has 0 bridgehead atoms. The summed E-state index contributed by atoms with van der Waals surface area (Å²) in [5.74, 6) is 0.599. The SMILES string of the molecule is CCc1cccc(OCc2cccc(F)c2)c1. The molecule has 0 aromatic heterocycles. The highest BCUT2D eigenvalue weighted by molar-refractivity contribution is 5.28. The van der Waals surface area contributed by atoms with Gasteiger partial charge in [-0.1, -0.05) is 31.2 Å². The third-order valence-corrected chi connectivity index (χ3v) is 2.60. The molecule has 0 unspecified atom stereocenters. The predicted octanol–water partition coefficient (Wildman–Crippen LogP) is 3.97. The van der Waals surface area contributed by atoms with Crippen LogP contribution in [0.3, 0.4) is 0 Å². The number of aryl methyl sites for hydroxylation is 1. The molecule has 0 radical (unpaired) electrons. The number of halogens is 1. The largest absolute Gasteiger partial charge is 0.489 e. The van der Waals surface area contributed by atoms with Crippen molar-refractivity contribution in [2.45, 2.75) is 20.0 Å². The highest BCUT2D eigenvalue weighted by atomic mass is 19.1. The average molecular weight is 230 g/mol. The van der Waals surface area contributed by atoms with Crippen LogP contribution < -0.4 is 4.74 Å². The van der Waals surface area contributed by atoms with E-state index in [1.165, 1.54) is 17.7 Å². The molecule has 0 saturated carbocycles. The molecule has 0 amide bonds. The lowest BCUT2D eigenvalue weighted by molar-refractivity contribution is 0.305. The van der Waals surface area contributed by atoms with Gasteiger partial charge in [0.05, 0.1) is 0 Å². The van der Waals surface area contributed by atoms with Crippen molar-refractivity contribution in [3.8, 4) is 5.75 Å². The summed E-state index contributed by atoms with van der Waals surface area (Å²) in [4.78, 5) is 0. The summed E-state index contributed by atoms with van der Waals surface area (Å²) in [6.45, 7) is 2.50. The summed E-state index contributed by atoms with van der Waals surface area (Å²) < 4.78 is 18.6. The first-order chi connectivity index (χ1) is 8.28. The molecule has 0 atom stereocenters. The van der Waals surface area contributed by atoms with Crippen LogP contribution >= 0.6 is 0 Å². The summed E-state index contributed by atoms with van der Waals surface area (Å²) in [5, 5.41) is 0. The zero-order valence-corrected chi connectivity index (χ0v) is 9.82. The van der Waals surface area contributed by atoms with Crippen molar-refractivity contribution in [1.82, 2.24) is 0 Å². The first-order valence-corrected chi connectivity index (χ1v) is 5.74. The van der Waals surface area contributed by atoms with Gasteiger partial charge >= 0.3 is 0 Å². The molecule has 0 aliphatic heterocycles. The van der Waals surface area contributed by atoms with Crippen molar-refractivity contribution >= 4 is 0 Å². The van der Waals surface area contributed by atoms with E-state index in [9.17, 15) is 4.39 Å². The van der Waals surface area contributed by atoms with Crippen molar-refractivity contribution in [3.63, 3.8) is 0 Å². The first-order valence-electron chi connectivity index (χ1n) is 5.74. The Labute approximate surface area is 101 Å². The molecule has 0 saturated heterocycles. The fraction of sp³-hybridized carbons (Fsp3) is 0.200. The van der Waals surface area contributed by atoms with Crippen LogP contribution in [0.1, 0.15) is 18.1 Å². The molecular weight excluding hydrogens is 215 g/mol. The van der Waals surface area contributed by atoms with Gasteiger partial charge in [0.25, 0.3) is 0 Å². The van der Waals surface area contributed by atoms with Crippen molar-refractivity contribution in [3.05, 3.63) is 65.5 Å². The molecule has 2 aromatic rings. The van der Waals surface area contributed by atoms with E-state index in [2.05, 4.69) is 13.0 Å². The van der Waals surface area contributed by atoms with Gasteiger partial charge in [0.15, 0.2) is 0 Å². The van der Waals surface area contributed by atoms with E-state index in [0.29, 0.717) is 6.61 Å². The van der Waals surface area contributed by atoms with E-state index < -0.39 is 0 Å². The molecule has 2 rings (SSSR count). The topological polar surface area (TPSA) is 9.23 Å². The van der Waals surface area contributed by atoms with Crippen LogP contribution in [-0.2, 0) is 13.0 Å². The van der Waals surface area contributed by atoms with E-state index in [-0.39, 0.29) is 5.82 Å². The smallest absolute Gasteiger partial charge is 0.123 e. The quantitative estimate of drug-likeness (QED) is 0.772. The number of rotatable bonds is 4. The lowest BCUT2D eigenvalue weighted by Crippen LogP contribution is -1.96. The standard InChI is InChI=1S/C15H15FO/c1-2-12-5-4-8-15(10-12)17-11-13-6-3-7-14(16)9-13/h3-10H,2,11H2,1H3. The van der Waals surface area contributed by atoms with Gasteiger partial charge in [-0.05, 0) is 41.8 Å². The molecule has 0 aliphatic rings. The van der Waals surface area contributed by atoms with Gasteiger partial charge in [0, 0.05) is 0 Å². The number of benzene rings is 2. The van der Waals surface area contributed by atoms with Gasteiger partial charge in [-0.25, -0.2) is 4.39 Å². The highest BCUT2D eigenvalue weighted by Crippen LogP contribution is 2.15. The molecule has 0 spiro atoms. The summed E-state index contributed by atoms with van der Waals surface area (Å²) in [7, 11) is 0. The number of hydrogen-bond acceptors (Lipinski definition) is 1. The van der Waals surface area contributed by atoms with E-state index in [1.807, 2.05) is 24.3 Å². The fourth-order valence-corrected chi connectivity index (χ4v) is 1.65. The summed E-state index contributed by atoms with van der Waals surface area (Å²) in [5.41, 5.74) is 2.08. The third-order valence-electron chi connectivity index (χ3n) is 2.60. The van der Waals surface area contributed by atoms with Crippen LogP contribution in [-0.4, -0.2) is 0 Å². The second-order valence-electron chi connectivity index (χ2n) is 3.92. The van der Waals surface area contributed by atoms with Gasteiger partial charge < -0.3 is 4.74 Å². The summed E-state index contributed by atoms with van der Waals surface area (Å²) >= 11 is 0. The normalized spacial score (nSPS) is 10.2. The Morgan fingerprint density at radius 1 is 1.00 bits per heavy atom. The van der Waals surface area contributed by atoms with Crippen LogP contribution in [0.2, 0.25) is 0 Å². The Bertz CT molecular complexity index is 494. The van der Waals surface area contributed by atoms with Crippen molar-refractivity contribution < 1.29 is 9.13 Å². The molecule has 2 aromatic carbocycles. The number of hydrogen-bond donors (Lipinski definition) is 0. The second kappa shape index (κ2) is 5.48. The Kier molecular flexibility index (Phi) is 3.76. The molecule has 0 heterocycles. The summed E-state index contributed by atoms with van der Waals surface area (Å²) in [6.07, 6.45) is 0.983. The van der Waals surface area contributed by atoms with Gasteiger partial charge in [-0.3, -0.25) is 0 Å². The van der Waals surface area contributed by atoms with E-state index >= 15 is 0 Å². The Hall–Kier alpha value is -1.83. The summed E-state index contributed by atoms with van der Waals surface area (Å²) in [6, 6.07) is 14.4. The maximum Gasteiger partial charge on any atom is 0.123 e. The number of ether oxygens (including phenoxy) is 1. The van der Waals surface area contributed by atoms with Crippen LogP contribution in [0.25, 0.3) is 0 Å². The average Bonchev–Trinajstić information content (AvgIpc) is 2.37.